The van der Waals surface area contributed by atoms with Crippen LogP contribution in [0.3, 0.4) is 0 Å². The van der Waals surface area contributed by atoms with Crippen LogP contribution in [0.25, 0.3) is 16.7 Å². The number of nitrogens with zero attached hydrogens (tertiary/aromatic N) is 4. The standard InChI is InChI=1S/C23H35N7O2/c1-15(2)14-26-17-9-10-18-19(13-17)30-16(3)28-29-21(30)20(27-18)24-11-7-8-12-25-22(31)32-23(4,5)6/h9-10,13,15,26H,7-8,11-12,14H2,1-6H3,(H,24,27)(H,25,31). The monoisotopic (exact) mass is 441 g/mol. The Morgan fingerprint density at radius 1 is 1.12 bits per heavy atom. The summed E-state index contributed by atoms with van der Waals surface area (Å²) >= 11 is 0. The van der Waals surface area contributed by atoms with Crippen molar-refractivity contribution >= 4 is 34.3 Å². The lowest BCUT2D eigenvalue weighted by Gasteiger charge is -2.19. The first-order valence-electron chi connectivity index (χ1n) is 11.2. The number of anilines is 2. The molecule has 2 heterocycles. The van der Waals surface area contributed by atoms with E-state index in [0.717, 1.165) is 41.9 Å². The van der Waals surface area contributed by atoms with E-state index in [4.69, 9.17) is 9.72 Å². The Balaban J connectivity index is 1.63. The van der Waals surface area contributed by atoms with Gasteiger partial charge in [-0.2, -0.15) is 0 Å². The quantitative estimate of drug-likeness (QED) is 0.423. The van der Waals surface area contributed by atoms with E-state index in [1.54, 1.807) is 0 Å². The number of alkyl carbamates (subject to hydrolysis) is 1. The number of ether oxygens (including phenoxy) is 1. The molecule has 174 valence electrons. The maximum absolute atomic E-state index is 11.7. The fourth-order valence-corrected chi connectivity index (χ4v) is 3.28. The van der Waals surface area contributed by atoms with E-state index in [-0.39, 0.29) is 6.09 Å². The molecule has 0 fully saturated rings. The average molecular weight is 442 g/mol. The number of fused-ring (bicyclic) bond motifs is 3. The van der Waals surface area contributed by atoms with Crippen molar-refractivity contribution in [3.8, 4) is 0 Å². The zero-order valence-electron chi connectivity index (χ0n) is 20.0. The molecular formula is C23H35N7O2. The second-order valence-electron chi connectivity index (χ2n) is 9.41. The molecular weight excluding hydrogens is 406 g/mol. The summed E-state index contributed by atoms with van der Waals surface area (Å²) in [7, 11) is 0. The van der Waals surface area contributed by atoms with Gasteiger partial charge in [-0.1, -0.05) is 13.8 Å². The number of hydrogen-bond donors (Lipinski definition) is 3. The van der Waals surface area contributed by atoms with E-state index < -0.39 is 5.60 Å². The highest BCUT2D eigenvalue weighted by atomic mass is 16.6. The van der Waals surface area contributed by atoms with E-state index in [2.05, 4.69) is 52.1 Å². The molecule has 0 radical (unpaired) electrons. The molecule has 3 aromatic rings. The first-order chi connectivity index (χ1) is 15.1. The second kappa shape index (κ2) is 10.0. The lowest BCUT2D eigenvalue weighted by Crippen LogP contribution is -2.33. The molecule has 1 amide bonds. The fraction of sp³-hybridized carbons (Fsp3) is 0.565. The Kier molecular flexibility index (Phi) is 7.37. The van der Waals surface area contributed by atoms with Crippen LogP contribution in [-0.2, 0) is 4.74 Å². The van der Waals surface area contributed by atoms with Gasteiger partial charge in [0.15, 0.2) is 5.82 Å². The molecule has 0 aliphatic heterocycles. The number of benzene rings is 1. The summed E-state index contributed by atoms with van der Waals surface area (Å²) in [5.41, 5.74) is 3.14. The first kappa shape index (κ1) is 23.6. The van der Waals surface area contributed by atoms with Crippen LogP contribution in [0.1, 0.15) is 53.3 Å². The number of aromatic nitrogens is 4. The average Bonchev–Trinajstić information content (AvgIpc) is 3.09. The van der Waals surface area contributed by atoms with Crippen LogP contribution in [0.15, 0.2) is 18.2 Å². The summed E-state index contributed by atoms with van der Waals surface area (Å²) in [5.74, 6) is 2.09. The van der Waals surface area contributed by atoms with Crippen LogP contribution in [0.2, 0.25) is 0 Å². The van der Waals surface area contributed by atoms with Gasteiger partial charge in [0.2, 0.25) is 5.65 Å². The molecule has 0 bridgehead atoms. The number of carbonyl (C=O) groups is 1. The highest BCUT2D eigenvalue weighted by molar-refractivity contribution is 5.85. The van der Waals surface area contributed by atoms with Crippen LogP contribution in [-0.4, -0.2) is 50.9 Å². The number of hydrogen-bond acceptors (Lipinski definition) is 7. The number of rotatable bonds is 9. The maximum Gasteiger partial charge on any atom is 0.407 e. The van der Waals surface area contributed by atoms with Crippen molar-refractivity contribution in [2.24, 2.45) is 5.92 Å². The van der Waals surface area contributed by atoms with Gasteiger partial charge in [-0.3, -0.25) is 4.40 Å². The van der Waals surface area contributed by atoms with Crippen LogP contribution < -0.4 is 16.0 Å². The van der Waals surface area contributed by atoms with Crippen LogP contribution in [0, 0.1) is 12.8 Å². The van der Waals surface area contributed by atoms with E-state index in [1.807, 2.05) is 38.2 Å². The van der Waals surface area contributed by atoms with Gasteiger partial charge in [-0.05, 0) is 64.7 Å². The van der Waals surface area contributed by atoms with Crippen molar-refractivity contribution in [3.05, 3.63) is 24.0 Å². The summed E-state index contributed by atoms with van der Waals surface area (Å²) in [4.78, 5) is 16.5. The minimum atomic E-state index is -0.486. The predicted molar refractivity (Wildman–Crippen MR) is 128 cm³/mol. The van der Waals surface area contributed by atoms with Crippen LogP contribution in [0.5, 0.6) is 0 Å². The molecule has 0 unspecified atom stereocenters. The molecule has 9 nitrogen and oxygen atoms in total. The summed E-state index contributed by atoms with van der Waals surface area (Å²) in [6, 6.07) is 6.17. The molecule has 0 spiro atoms. The van der Waals surface area contributed by atoms with Crippen molar-refractivity contribution < 1.29 is 9.53 Å². The normalized spacial score (nSPS) is 11.8. The van der Waals surface area contributed by atoms with E-state index in [0.29, 0.717) is 30.5 Å². The molecule has 0 aliphatic carbocycles. The molecule has 0 aliphatic rings. The van der Waals surface area contributed by atoms with Crippen molar-refractivity contribution in [3.63, 3.8) is 0 Å². The summed E-state index contributed by atoms with van der Waals surface area (Å²) < 4.78 is 7.28. The number of nitrogens with one attached hydrogen (secondary N) is 3. The Morgan fingerprint density at radius 3 is 2.59 bits per heavy atom. The molecule has 32 heavy (non-hydrogen) atoms. The van der Waals surface area contributed by atoms with Gasteiger partial charge in [0.05, 0.1) is 11.0 Å². The van der Waals surface area contributed by atoms with Gasteiger partial charge in [-0.25, -0.2) is 9.78 Å². The summed E-state index contributed by atoms with van der Waals surface area (Å²) in [6.45, 7) is 14.0. The lowest BCUT2D eigenvalue weighted by molar-refractivity contribution is 0.0527. The third kappa shape index (κ3) is 6.21. The summed E-state index contributed by atoms with van der Waals surface area (Å²) in [5, 5.41) is 18.2. The topological polar surface area (TPSA) is 105 Å². The first-order valence-corrected chi connectivity index (χ1v) is 11.2. The Bertz CT molecular complexity index is 1070. The van der Waals surface area contributed by atoms with Gasteiger partial charge < -0.3 is 20.7 Å². The Morgan fingerprint density at radius 2 is 1.88 bits per heavy atom. The highest BCUT2D eigenvalue weighted by Gasteiger charge is 2.16. The van der Waals surface area contributed by atoms with E-state index in [1.165, 1.54) is 0 Å². The van der Waals surface area contributed by atoms with Crippen LogP contribution >= 0.6 is 0 Å². The van der Waals surface area contributed by atoms with Crippen LogP contribution in [0.4, 0.5) is 16.3 Å². The van der Waals surface area contributed by atoms with Gasteiger partial charge >= 0.3 is 6.09 Å². The molecule has 1 aromatic carbocycles. The van der Waals surface area contributed by atoms with Gasteiger partial charge in [0.25, 0.3) is 0 Å². The molecule has 0 atom stereocenters. The third-order valence-corrected chi connectivity index (χ3v) is 4.76. The molecule has 9 heteroatoms. The SMILES string of the molecule is Cc1nnc2c(NCCCCNC(=O)OC(C)(C)C)nc3ccc(NCC(C)C)cc3n12. The van der Waals surface area contributed by atoms with Crippen molar-refractivity contribution in [2.75, 3.05) is 30.3 Å². The van der Waals surface area contributed by atoms with Gasteiger partial charge in [-0.15, -0.1) is 10.2 Å². The Hall–Kier alpha value is -3.10. The Labute approximate surface area is 189 Å². The number of amides is 1. The molecule has 3 N–H and O–H groups in total. The van der Waals surface area contributed by atoms with Crippen molar-refractivity contribution in [1.29, 1.82) is 0 Å². The zero-order chi connectivity index (χ0) is 23.3. The number of carbonyl (C=O) groups excluding carboxylic acids is 1. The fourth-order valence-electron chi connectivity index (χ4n) is 3.28. The minimum Gasteiger partial charge on any atom is -0.444 e. The number of unbranched alkanes of at least 4 members (excludes halogenated alkanes) is 1. The maximum atomic E-state index is 11.7. The molecule has 3 rings (SSSR count). The molecule has 0 saturated heterocycles. The molecule has 2 aromatic heterocycles. The zero-order valence-corrected chi connectivity index (χ0v) is 20.0. The van der Waals surface area contributed by atoms with E-state index in [9.17, 15) is 4.79 Å². The minimum absolute atomic E-state index is 0.385. The largest absolute Gasteiger partial charge is 0.444 e. The van der Waals surface area contributed by atoms with Crippen molar-refractivity contribution in [1.82, 2.24) is 24.9 Å². The smallest absolute Gasteiger partial charge is 0.407 e. The third-order valence-electron chi connectivity index (χ3n) is 4.76. The second-order valence-corrected chi connectivity index (χ2v) is 9.41. The van der Waals surface area contributed by atoms with Gasteiger partial charge in [0, 0.05) is 25.3 Å². The summed E-state index contributed by atoms with van der Waals surface area (Å²) in [6.07, 6.45) is 1.31. The lowest BCUT2D eigenvalue weighted by atomic mass is 10.2. The number of aryl methyl sites for hydroxylation is 1. The highest BCUT2D eigenvalue weighted by Crippen LogP contribution is 2.24. The van der Waals surface area contributed by atoms with Gasteiger partial charge in [0.1, 0.15) is 11.4 Å². The van der Waals surface area contributed by atoms with Crippen molar-refractivity contribution in [2.45, 2.75) is 60.0 Å². The predicted octanol–water partition coefficient (Wildman–Crippen LogP) is 4.37. The van der Waals surface area contributed by atoms with E-state index >= 15 is 0 Å². The molecule has 0 saturated carbocycles.